The van der Waals surface area contributed by atoms with E-state index in [0.717, 1.165) is 11.1 Å². The zero-order valence-corrected chi connectivity index (χ0v) is 21.9. The first-order chi connectivity index (χ1) is 20.1. The quantitative estimate of drug-likeness (QED) is 0.277. The van der Waals surface area contributed by atoms with Crippen LogP contribution in [0, 0.1) is 0 Å². The summed E-state index contributed by atoms with van der Waals surface area (Å²) >= 11 is 0. The summed E-state index contributed by atoms with van der Waals surface area (Å²) in [6.45, 7) is -0.118. The second-order valence-electron chi connectivity index (χ2n) is 9.68. The van der Waals surface area contributed by atoms with Gasteiger partial charge in [-0.2, -0.15) is 0 Å². The van der Waals surface area contributed by atoms with Crippen LogP contribution in [0.25, 0.3) is 11.2 Å². The van der Waals surface area contributed by atoms with Crippen LogP contribution in [0.1, 0.15) is 40.1 Å². The fraction of sp³-hybridized carbons (Fsp3) is 0.194. The highest BCUT2D eigenvalue weighted by Gasteiger charge is 2.37. The molecule has 0 radical (unpaired) electrons. The molecule has 0 saturated carbocycles. The first-order valence-corrected chi connectivity index (χ1v) is 13.2. The molecule has 0 unspecified atom stereocenters. The maximum atomic E-state index is 13.3. The number of carbonyl (C=O) groups excluding carboxylic acids is 2. The van der Waals surface area contributed by atoms with Gasteiger partial charge in [-0.15, -0.1) is 0 Å². The minimum atomic E-state index is -0.878. The number of rotatable bonds is 8. The molecule has 10 heteroatoms. The maximum absolute atomic E-state index is 13.3. The first kappa shape index (κ1) is 26.3. The topological polar surface area (TPSA) is 128 Å². The molecular weight excluding hydrogens is 522 g/mol. The van der Waals surface area contributed by atoms with Crippen LogP contribution in [0.2, 0.25) is 0 Å². The molecule has 1 fully saturated rings. The van der Waals surface area contributed by atoms with Gasteiger partial charge in [0.1, 0.15) is 31.2 Å². The van der Waals surface area contributed by atoms with Crippen molar-refractivity contribution in [3.8, 4) is 0 Å². The summed E-state index contributed by atoms with van der Waals surface area (Å²) in [7, 11) is 0. The summed E-state index contributed by atoms with van der Waals surface area (Å²) in [4.78, 5) is 38.9. The normalized spacial score (nSPS) is 18.4. The van der Waals surface area contributed by atoms with E-state index in [0.29, 0.717) is 16.7 Å². The summed E-state index contributed by atoms with van der Waals surface area (Å²) in [6.07, 6.45) is 0.877. The zero-order chi connectivity index (χ0) is 28.2. The summed E-state index contributed by atoms with van der Waals surface area (Å²) in [5, 5.41) is 13.6. The van der Waals surface area contributed by atoms with Gasteiger partial charge < -0.3 is 19.9 Å². The van der Waals surface area contributed by atoms with Crippen molar-refractivity contribution in [2.75, 3.05) is 11.9 Å². The Morgan fingerprint density at radius 3 is 2.22 bits per heavy atom. The summed E-state index contributed by atoms with van der Waals surface area (Å²) in [5.74, 6) is -1.09. The number of aliphatic hydroxyl groups is 1. The average molecular weight is 550 g/mol. The highest BCUT2D eigenvalue weighted by Crippen LogP contribution is 2.33. The van der Waals surface area contributed by atoms with Gasteiger partial charge in [-0.3, -0.25) is 14.2 Å². The van der Waals surface area contributed by atoms with Crippen LogP contribution in [0.15, 0.2) is 104 Å². The largest absolute Gasteiger partial charge is 0.462 e. The van der Waals surface area contributed by atoms with Crippen molar-refractivity contribution >= 4 is 28.9 Å². The highest BCUT2D eigenvalue weighted by atomic mass is 16.6. The third kappa shape index (κ3) is 5.56. The number of carbonyl (C=O) groups is 2. The zero-order valence-electron chi connectivity index (χ0n) is 21.9. The Labute approximate surface area is 235 Å². The van der Waals surface area contributed by atoms with Crippen molar-refractivity contribution < 1.29 is 24.2 Å². The number of esters is 1. The third-order valence-electron chi connectivity index (χ3n) is 7.03. The number of anilines is 1. The van der Waals surface area contributed by atoms with E-state index in [9.17, 15) is 14.7 Å². The minimum Gasteiger partial charge on any atom is -0.462 e. The number of ether oxygens (including phenoxy) is 2. The van der Waals surface area contributed by atoms with Crippen molar-refractivity contribution in [3.05, 3.63) is 120 Å². The molecule has 1 amide bonds. The van der Waals surface area contributed by atoms with Crippen molar-refractivity contribution in [2.24, 2.45) is 0 Å². The van der Waals surface area contributed by atoms with Gasteiger partial charge in [-0.25, -0.2) is 15.0 Å². The summed E-state index contributed by atoms with van der Waals surface area (Å²) < 4.78 is 13.5. The van der Waals surface area contributed by atoms with E-state index in [2.05, 4.69) is 20.3 Å². The van der Waals surface area contributed by atoms with E-state index in [-0.39, 0.29) is 24.8 Å². The Kier molecular flexibility index (Phi) is 7.48. The monoisotopic (exact) mass is 549 g/mol. The summed E-state index contributed by atoms with van der Waals surface area (Å²) in [6, 6.07) is 27.6. The number of fused-ring (bicyclic) bond motifs is 1. The standard InChI is InChI=1S/C31H27N5O5/c37-23-16-25(36-19-34-27-28(32-18-33-29(27)36)35-30(38)22-14-8-3-9-15-22)41-24(23)17-40-31(39)26(20-10-4-1-5-11-20)21-12-6-2-7-13-21/h1-15,18-19,23-26,37H,16-17H2,(H,32,33,35,38)/t23-,24+,25+/m0/s1. The van der Waals surface area contributed by atoms with Gasteiger partial charge in [0.15, 0.2) is 17.0 Å². The SMILES string of the molecule is O=C(Nc1ncnc2c1ncn2[C@H]1C[C@H](O)[C@@H](COC(=O)C(c2ccccc2)c2ccccc2)O1)c1ccccc1. The molecule has 0 aliphatic carbocycles. The average Bonchev–Trinajstić information content (AvgIpc) is 3.61. The van der Waals surface area contributed by atoms with Gasteiger partial charge in [-0.05, 0) is 23.3 Å². The fourth-order valence-electron chi connectivity index (χ4n) is 4.96. The van der Waals surface area contributed by atoms with Crippen molar-refractivity contribution in [3.63, 3.8) is 0 Å². The van der Waals surface area contributed by atoms with E-state index < -0.39 is 30.3 Å². The second kappa shape index (κ2) is 11.7. The van der Waals surface area contributed by atoms with E-state index in [1.807, 2.05) is 66.7 Å². The van der Waals surface area contributed by atoms with Crippen molar-refractivity contribution in [1.82, 2.24) is 19.5 Å². The Hall–Kier alpha value is -4.93. The lowest BCUT2D eigenvalue weighted by molar-refractivity contribution is -0.150. The number of hydrogen-bond acceptors (Lipinski definition) is 8. The van der Waals surface area contributed by atoms with E-state index in [1.54, 1.807) is 28.8 Å². The third-order valence-corrected chi connectivity index (χ3v) is 7.03. The van der Waals surface area contributed by atoms with Crippen LogP contribution >= 0.6 is 0 Å². The second-order valence-corrected chi connectivity index (χ2v) is 9.68. The molecule has 206 valence electrons. The number of benzene rings is 3. The fourth-order valence-corrected chi connectivity index (χ4v) is 4.96. The molecule has 3 aromatic carbocycles. The van der Waals surface area contributed by atoms with Crippen LogP contribution < -0.4 is 5.32 Å². The molecule has 6 rings (SSSR count). The molecule has 10 nitrogen and oxygen atoms in total. The highest BCUT2D eigenvalue weighted by molar-refractivity contribution is 6.06. The van der Waals surface area contributed by atoms with Gasteiger partial charge in [0.25, 0.3) is 5.91 Å². The van der Waals surface area contributed by atoms with E-state index in [4.69, 9.17) is 9.47 Å². The Balaban J connectivity index is 1.15. The predicted octanol–water partition coefficient (Wildman–Crippen LogP) is 4.10. The number of nitrogens with zero attached hydrogens (tertiary/aromatic N) is 4. The van der Waals surface area contributed by atoms with Crippen LogP contribution in [0.3, 0.4) is 0 Å². The van der Waals surface area contributed by atoms with Crippen molar-refractivity contribution in [1.29, 1.82) is 0 Å². The smallest absolute Gasteiger partial charge is 0.318 e. The van der Waals surface area contributed by atoms with Crippen LogP contribution in [-0.4, -0.2) is 55.3 Å². The Bertz CT molecular complexity index is 1610. The molecule has 41 heavy (non-hydrogen) atoms. The molecule has 1 aliphatic heterocycles. The van der Waals surface area contributed by atoms with Crippen LogP contribution in [-0.2, 0) is 14.3 Å². The van der Waals surface area contributed by atoms with E-state index >= 15 is 0 Å². The Morgan fingerprint density at radius 2 is 1.56 bits per heavy atom. The first-order valence-electron chi connectivity index (χ1n) is 13.2. The molecule has 3 atom stereocenters. The van der Waals surface area contributed by atoms with Crippen LogP contribution in [0.4, 0.5) is 5.82 Å². The predicted molar refractivity (Wildman–Crippen MR) is 150 cm³/mol. The number of hydrogen-bond donors (Lipinski definition) is 2. The number of aliphatic hydroxyl groups excluding tert-OH is 1. The van der Waals surface area contributed by atoms with Gasteiger partial charge in [-0.1, -0.05) is 78.9 Å². The molecule has 1 aliphatic rings. The number of imidazole rings is 1. The Morgan fingerprint density at radius 1 is 0.927 bits per heavy atom. The number of nitrogens with one attached hydrogen (secondary N) is 1. The van der Waals surface area contributed by atoms with Crippen LogP contribution in [0.5, 0.6) is 0 Å². The maximum Gasteiger partial charge on any atom is 0.318 e. The van der Waals surface area contributed by atoms with Gasteiger partial charge in [0.2, 0.25) is 0 Å². The lowest BCUT2D eigenvalue weighted by Crippen LogP contribution is -2.29. The molecular formula is C31H27N5O5. The number of amides is 1. The number of aromatic nitrogens is 4. The molecule has 2 N–H and O–H groups in total. The molecule has 3 heterocycles. The molecule has 1 saturated heterocycles. The lowest BCUT2D eigenvalue weighted by Gasteiger charge is -2.20. The molecule has 0 spiro atoms. The van der Waals surface area contributed by atoms with E-state index in [1.165, 1.54) is 12.7 Å². The van der Waals surface area contributed by atoms with Crippen molar-refractivity contribution in [2.45, 2.75) is 30.8 Å². The molecule has 0 bridgehead atoms. The molecule has 5 aromatic rings. The minimum absolute atomic E-state index is 0.118. The lowest BCUT2D eigenvalue weighted by atomic mass is 9.91. The van der Waals surface area contributed by atoms with Gasteiger partial charge in [0.05, 0.1) is 12.4 Å². The summed E-state index contributed by atoms with van der Waals surface area (Å²) in [5.41, 5.74) is 2.94. The van der Waals surface area contributed by atoms with Gasteiger partial charge in [0, 0.05) is 12.0 Å². The molecule has 2 aromatic heterocycles. The van der Waals surface area contributed by atoms with Gasteiger partial charge >= 0.3 is 5.97 Å².